The molecule has 2 atom stereocenters. The highest BCUT2D eigenvalue weighted by atomic mass is 19.1. The predicted octanol–water partition coefficient (Wildman–Crippen LogP) is 1.89. The van der Waals surface area contributed by atoms with Crippen molar-refractivity contribution in [1.82, 2.24) is 14.8 Å². The summed E-state index contributed by atoms with van der Waals surface area (Å²) in [5.41, 5.74) is 0.761. The van der Waals surface area contributed by atoms with Crippen LogP contribution >= 0.6 is 0 Å². The van der Waals surface area contributed by atoms with Crippen molar-refractivity contribution in [2.24, 2.45) is 7.05 Å². The maximum atomic E-state index is 13.5. The molecule has 1 aromatic carbocycles. The van der Waals surface area contributed by atoms with Gasteiger partial charge in [0.05, 0.1) is 5.69 Å². The van der Waals surface area contributed by atoms with E-state index in [2.05, 4.69) is 5.32 Å². The molecule has 0 unspecified atom stereocenters. The predicted molar refractivity (Wildman–Crippen MR) is 95.7 cm³/mol. The lowest BCUT2D eigenvalue weighted by Crippen LogP contribution is -2.50. The van der Waals surface area contributed by atoms with E-state index in [1.807, 2.05) is 0 Å². The number of piperidine rings is 1. The molecule has 2 aromatic rings. The van der Waals surface area contributed by atoms with Crippen LogP contribution in [0.15, 0.2) is 42.6 Å². The Morgan fingerprint density at radius 2 is 2.04 bits per heavy atom. The number of halogens is 1. The first-order chi connectivity index (χ1) is 13.0. The molecule has 2 aliphatic rings. The van der Waals surface area contributed by atoms with Crippen molar-refractivity contribution in [1.29, 1.82) is 0 Å². The molecular weight excluding hydrogens is 351 g/mol. The number of hydrogen-bond acceptors (Lipinski definition) is 3. The Morgan fingerprint density at radius 3 is 2.74 bits per heavy atom. The van der Waals surface area contributed by atoms with Crippen molar-refractivity contribution >= 4 is 23.5 Å². The van der Waals surface area contributed by atoms with Crippen LogP contribution < -0.4 is 10.2 Å². The van der Waals surface area contributed by atoms with Gasteiger partial charge in [-0.05, 0) is 43.2 Å². The van der Waals surface area contributed by atoms with Crippen LogP contribution in [0.25, 0.3) is 0 Å². The summed E-state index contributed by atoms with van der Waals surface area (Å²) in [6.45, 7) is 0.360. The van der Waals surface area contributed by atoms with E-state index in [-0.39, 0.29) is 23.5 Å². The molecule has 8 heteroatoms. The second kappa shape index (κ2) is 6.53. The number of rotatable bonds is 3. The molecule has 0 saturated carbocycles. The fourth-order valence-corrected chi connectivity index (χ4v) is 3.74. The number of nitrogens with one attached hydrogen (secondary N) is 1. The van der Waals surface area contributed by atoms with Crippen LogP contribution in [0.5, 0.6) is 0 Å². The van der Waals surface area contributed by atoms with Gasteiger partial charge in [-0.3, -0.25) is 9.59 Å². The number of aromatic nitrogens is 1. The average Bonchev–Trinajstić information content (AvgIpc) is 3.17. The number of anilines is 1. The molecule has 0 bridgehead atoms. The second-order valence-corrected chi connectivity index (χ2v) is 6.84. The minimum absolute atomic E-state index is 0.209. The van der Waals surface area contributed by atoms with Gasteiger partial charge in [0.2, 0.25) is 0 Å². The summed E-state index contributed by atoms with van der Waals surface area (Å²) >= 11 is 0. The van der Waals surface area contributed by atoms with Gasteiger partial charge in [0.15, 0.2) is 0 Å². The van der Waals surface area contributed by atoms with Crippen molar-refractivity contribution < 1.29 is 18.8 Å². The van der Waals surface area contributed by atoms with E-state index in [0.717, 1.165) is 4.90 Å². The van der Waals surface area contributed by atoms with Gasteiger partial charge >= 0.3 is 6.03 Å². The lowest BCUT2D eigenvalue weighted by molar-refractivity contribution is -0.120. The minimum Gasteiger partial charge on any atom is -0.348 e. The average molecular weight is 370 g/mol. The van der Waals surface area contributed by atoms with E-state index >= 15 is 0 Å². The van der Waals surface area contributed by atoms with Crippen molar-refractivity contribution in [3.63, 3.8) is 0 Å². The number of aryl methyl sites for hydroxylation is 1. The quantitative estimate of drug-likeness (QED) is 0.839. The maximum absolute atomic E-state index is 13.5. The van der Waals surface area contributed by atoms with Crippen molar-refractivity contribution in [2.45, 2.75) is 24.9 Å². The molecule has 2 fully saturated rings. The molecule has 2 aliphatic heterocycles. The normalized spacial score (nSPS) is 22.1. The van der Waals surface area contributed by atoms with Crippen molar-refractivity contribution in [3.8, 4) is 0 Å². The van der Waals surface area contributed by atoms with Gasteiger partial charge < -0.3 is 14.8 Å². The zero-order valence-corrected chi connectivity index (χ0v) is 14.8. The third-order valence-corrected chi connectivity index (χ3v) is 5.12. The number of fused-ring (bicyclic) bond motifs is 1. The van der Waals surface area contributed by atoms with E-state index in [1.165, 1.54) is 29.2 Å². The number of amides is 4. The fourth-order valence-electron chi connectivity index (χ4n) is 3.74. The lowest BCUT2D eigenvalue weighted by Gasteiger charge is -2.32. The van der Waals surface area contributed by atoms with Gasteiger partial charge in [0.25, 0.3) is 11.8 Å². The molecule has 140 valence electrons. The Kier molecular flexibility index (Phi) is 4.18. The number of imide groups is 1. The highest BCUT2D eigenvalue weighted by Gasteiger charge is 2.48. The van der Waals surface area contributed by atoms with Crippen LogP contribution in [0.3, 0.4) is 0 Å². The minimum atomic E-state index is -0.645. The lowest BCUT2D eigenvalue weighted by atomic mass is 9.98. The smallest absolute Gasteiger partial charge is 0.332 e. The summed E-state index contributed by atoms with van der Waals surface area (Å²) in [5, 5.41) is 2.95. The van der Waals surface area contributed by atoms with Crippen LogP contribution in [0.2, 0.25) is 0 Å². The van der Waals surface area contributed by atoms with Crippen molar-refractivity contribution in [3.05, 3.63) is 54.1 Å². The molecule has 3 heterocycles. The first kappa shape index (κ1) is 17.3. The molecule has 2 saturated heterocycles. The van der Waals surface area contributed by atoms with E-state index in [0.29, 0.717) is 25.1 Å². The molecule has 0 radical (unpaired) electrons. The Morgan fingerprint density at radius 1 is 1.22 bits per heavy atom. The summed E-state index contributed by atoms with van der Waals surface area (Å²) in [6, 6.07) is 7.64. The Bertz CT molecular complexity index is 925. The zero-order chi connectivity index (χ0) is 19.1. The van der Waals surface area contributed by atoms with Gasteiger partial charge in [-0.15, -0.1) is 0 Å². The molecular formula is C19H19FN4O3. The molecule has 4 amide bonds. The summed E-state index contributed by atoms with van der Waals surface area (Å²) in [4.78, 5) is 40.4. The Labute approximate surface area is 155 Å². The number of carbonyl (C=O) groups excluding carboxylic acids is 3. The third-order valence-electron chi connectivity index (χ3n) is 5.12. The summed E-state index contributed by atoms with van der Waals surface area (Å²) in [7, 11) is 1.79. The monoisotopic (exact) mass is 370 g/mol. The summed E-state index contributed by atoms with van der Waals surface area (Å²) in [5.74, 6) is -1.10. The number of nitrogens with zero attached hydrogens (tertiary/aromatic N) is 3. The van der Waals surface area contributed by atoms with E-state index in [1.54, 1.807) is 29.9 Å². The zero-order valence-electron chi connectivity index (χ0n) is 14.8. The van der Waals surface area contributed by atoms with Crippen LogP contribution in [0.4, 0.5) is 14.9 Å². The van der Waals surface area contributed by atoms with Gasteiger partial charge in [-0.25, -0.2) is 14.1 Å². The molecule has 4 rings (SSSR count). The third kappa shape index (κ3) is 2.97. The van der Waals surface area contributed by atoms with E-state index in [9.17, 15) is 18.8 Å². The molecule has 0 spiro atoms. The molecule has 7 nitrogen and oxygen atoms in total. The van der Waals surface area contributed by atoms with Crippen LogP contribution in [0, 0.1) is 5.82 Å². The molecule has 1 aromatic heterocycles. The standard InChI is InChI=1S/C19H19FN4O3/c1-22-8-3-6-15(22)17(25)21-13-7-9-23-16(11-13)18(26)24(19(23)27)14-5-2-4-12(20)10-14/h2-6,8,10,13,16H,7,9,11H2,1H3,(H,21,25)/t13-,16-/m0/s1. The first-order valence-electron chi connectivity index (χ1n) is 8.78. The van der Waals surface area contributed by atoms with Gasteiger partial charge in [0, 0.05) is 25.8 Å². The Balaban J connectivity index is 1.50. The van der Waals surface area contributed by atoms with Crippen LogP contribution in [0.1, 0.15) is 23.3 Å². The van der Waals surface area contributed by atoms with Gasteiger partial charge in [-0.2, -0.15) is 0 Å². The molecule has 0 aliphatic carbocycles. The van der Waals surface area contributed by atoms with Gasteiger partial charge in [0.1, 0.15) is 17.6 Å². The number of carbonyl (C=O) groups is 3. The topological polar surface area (TPSA) is 74.7 Å². The number of urea groups is 1. The van der Waals surface area contributed by atoms with Crippen molar-refractivity contribution in [2.75, 3.05) is 11.4 Å². The SMILES string of the molecule is Cn1cccc1C(=O)N[C@H]1CCN2C(=O)N(c3cccc(F)c3)C(=O)[C@@H]2C1. The largest absolute Gasteiger partial charge is 0.348 e. The molecule has 27 heavy (non-hydrogen) atoms. The first-order valence-corrected chi connectivity index (χ1v) is 8.78. The van der Waals surface area contributed by atoms with Crippen LogP contribution in [-0.2, 0) is 11.8 Å². The maximum Gasteiger partial charge on any atom is 0.332 e. The highest BCUT2D eigenvalue weighted by molar-refractivity contribution is 6.21. The van der Waals surface area contributed by atoms with E-state index < -0.39 is 17.9 Å². The summed E-state index contributed by atoms with van der Waals surface area (Å²) < 4.78 is 15.2. The summed E-state index contributed by atoms with van der Waals surface area (Å²) in [6.07, 6.45) is 2.68. The highest BCUT2D eigenvalue weighted by Crippen LogP contribution is 2.31. The Hall–Kier alpha value is -3.16. The molecule has 1 N–H and O–H groups in total. The van der Waals surface area contributed by atoms with Crippen LogP contribution in [-0.4, -0.2) is 45.9 Å². The number of hydrogen-bond donors (Lipinski definition) is 1. The van der Waals surface area contributed by atoms with E-state index in [4.69, 9.17) is 0 Å². The number of benzene rings is 1. The second-order valence-electron chi connectivity index (χ2n) is 6.84. The fraction of sp³-hybridized carbons (Fsp3) is 0.316. The van der Waals surface area contributed by atoms with Gasteiger partial charge in [-0.1, -0.05) is 6.07 Å².